The van der Waals surface area contributed by atoms with Gasteiger partial charge in [0.05, 0.1) is 0 Å². The van der Waals surface area contributed by atoms with Crippen molar-refractivity contribution in [1.29, 1.82) is 0 Å². The lowest BCUT2D eigenvalue weighted by molar-refractivity contribution is 0.485. The fourth-order valence-electron chi connectivity index (χ4n) is 4.02. The van der Waals surface area contributed by atoms with Gasteiger partial charge in [-0.15, -0.1) is 6.58 Å². The van der Waals surface area contributed by atoms with Crippen LogP contribution in [0.25, 0.3) is 6.08 Å². The van der Waals surface area contributed by atoms with Gasteiger partial charge in [0.25, 0.3) is 8.32 Å². The van der Waals surface area contributed by atoms with Crippen LogP contribution >= 0.6 is 0 Å². The van der Waals surface area contributed by atoms with Gasteiger partial charge in [-0.2, -0.15) is 0 Å². The summed E-state index contributed by atoms with van der Waals surface area (Å²) in [4.78, 5) is 0. The molecule has 0 saturated heterocycles. The highest BCUT2D eigenvalue weighted by Gasteiger charge is 2.43. The van der Waals surface area contributed by atoms with Crippen LogP contribution in [0.1, 0.15) is 65.0 Å². The predicted octanol–water partition coefficient (Wildman–Crippen LogP) is 7.15. The number of fused-ring (bicyclic) bond motifs is 1. The van der Waals surface area contributed by atoms with Gasteiger partial charge in [0.15, 0.2) is 0 Å². The number of hydrogen-bond donors (Lipinski definition) is 0. The zero-order valence-electron chi connectivity index (χ0n) is 16.2. The molecular formula is C22H34OSi. The molecule has 1 aliphatic rings. The van der Waals surface area contributed by atoms with Crippen molar-refractivity contribution in [2.75, 3.05) is 0 Å². The van der Waals surface area contributed by atoms with Gasteiger partial charge in [0, 0.05) is 5.56 Å². The summed E-state index contributed by atoms with van der Waals surface area (Å²) in [6, 6.07) is 7.81. The zero-order chi connectivity index (χ0) is 17.7. The third-order valence-corrected chi connectivity index (χ3v) is 11.2. The molecule has 132 valence electrons. The highest BCUT2D eigenvalue weighted by atomic mass is 28.4. The Kier molecular flexibility index (Phi) is 6.51. The van der Waals surface area contributed by atoms with E-state index in [9.17, 15) is 0 Å². The Morgan fingerprint density at radius 3 is 2.50 bits per heavy atom. The van der Waals surface area contributed by atoms with Crippen molar-refractivity contribution in [3.8, 4) is 5.75 Å². The average molecular weight is 343 g/mol. The second kappa shape index (κ2) is 8.20. The first-order chi connectivity index (χ1) is 11.4. The van der Waals surface area contributed by atoms with Gasteiger partial charge in [-0.3, -0.25) is 0 Å². The lowest BCUT2D eigenvalue weighted by Gasteiger charge is -2.39. The van der Waals surface area contributed by atoms with Gasteiger partial charge >= 0.3 is 0 Å². The van der Waals surface area contributed by atoms with Crippen molar-refractivity contribution in [2.45, 2.75) is 77.4 Å². The van der Waals surface area contributed by atoms with Crippen molar-refractivity contribution >= 4 is 14.4 Å². The van der Waals surface area contributed by atoms with Gasteiger partial charge in [0.1, 0.15) is 5.75 Å². The van der Waals surface area contributed by atoms with Crippen LogP contribution < -0.4 is 4.43 Å². The SMILES string of the molecule is C=CCCCC[Si](Oc1cccc2c1CC(C)=C2)(C(C)C)C(C)C. The first-order valence-corrected chi connectivity index (χ1v) is 11.8. The molecule has 1 aromatic rings. The van der Waals surface area contributed by atoms with Crippen LogP contribution in [0.4, 0.5) is 0 Å². The summed E-state index contributed by atoms with van der Waals surface area (Å²) >= 11 is 0. The molecule has 0 bridgehead atoms. The molecule has 1 aliphatic carbocycles. The van der Waals surface area contributed by atoms with E-state index in [4.69, 9.17) is 4.43 Å². The van der Waals surface area contributed by atoms with Crippen LogP contribution in [0.5, 0.6) is 5.75 Å². The van der Waals surface area contributed by atoms with Crippen LogP contribution in [-0.2, 0) is 6.42 Å². The summed E-state index contributed by atoms with van der Waals surface area (Å²) in [5.74, 6) is 1.15. The second-order valence-electron chi connectivity index (χ2n) is 7.89. The van der Waals surface area contributed by atoms with Crippen LogP contribution in [0.2, 0.25) is 17.1 Å². The van der Waals surface area contributed by atoms with Crippen molar-refractivity contribution in [1.82, 2.24) is 0 Å². The predicted molar refractivity (Wildman–Crippen MR) is 109 cm³/mol. The molecule has 2 rings (SSSR count). The lowest BCUT2D eigenvalue weighted by Crippen LogP contribution is -2.48. The Morgan fingerprint density at radius 2 is 1.88 bits per heavy atom. The van der Waals surface area contributed by atoms with E-state index >= 15 is 0 Å². The van der Waals surface area contributed by atoms with E-state index in [-0.39, 0.29) is 0 Å². The summed E-state index contributed by atoms with van der Waals surface area (Å²) in [5, 5.41) is 0. The zero-order valence-corrected chi connectivity index (χ0v) is 17.2. The van der Waals surface area contributed by atoms with E-state index in [0.29, 0.717) is 11.1 Å². The van der Waals surface area contributed by atoms with Crippen molar-refractivity contribution in [2.24, 2.45) is 0 Å². The molecule has 0 saturated carbocycles. The minimum absolute atomic E-state index is 0.618. The Bertz CT molecular complexity index is 590. The van der Waals surface area contributed by atoms with Crippen LogP contribution in [-0.4, -0.2) is 8.32 Å². The highest BCUT2D eigenvalue weighted by molar-refractivity contribution is 6.77. The molecule has 0 fully saturated rings. The third-order valence-electron chi connectivity index (χ3n) is 5.51. The minimum Gasteiger partial charge on any atom is -0.543 e. The molecule has 0 N–H and O–H groups in total. The molecule has 2 heteroatoms. The summed E-state index contributed by atoms with van der Waals surface area (Å²) in [7, 11) is -1.86. The second-order valence-corrected chi connectivity index (χ2v) is 12.8. The fraction of sp³-hybridized carbons (Fsp3) is 0.545. The van der Waals surface area contributed by atoms with E-state index in [0.717, 1.165) is 18.6 Å². The van der Waals surface area contributed by atoms with Gasteiger partial charge in [-0.05, 0) is 54.9 Å². The highest BCUT2D eigenvalue weighted by Crippen LogP contribution is 2.42. The molecule has 1 aromatic carbocycles. The molecule has 0 aromatic heterocycles. The third kappa shape index (κ3) is 4.03. The maximum atomic E-state index is 6.98. The quantitative estimate of drug-likeness (QED) is 0.263. The Balaban J connectivity index is 2.26. The molecule has 0 aliphatic heterocycles. The van der Waals surface area contributed by atoms with Gasteiger partial charge in [-0.25, -0.2) is 0 Å². The molecule has 0 atom stereocenters. The molecule has 0 spiro atoms. The molecule has 0 radical (unpaired) electrons. The molecule has 0 unspecified atom stereocenters. The maximum absolute atomic E-state index is 6.98. The van der Waals surface area contributed by atoms with E-state index in [1.54, 1.807) is 0 Å². The molecule has 24 heavy (non-hydrogen) atoms. The molecule has 0 heterocycles. The number of benzene rings is 1. The van der Waals surface area contributed by atoms with E-state index in [2.05, 4.69) is 65.5 Å². The molecular weight excluding hydrogens is 308 g/mol. The maximum Gasteiger partial charge on any atom is 0.256 e. The minimum atomic E-state index is -1.86. The summed E-state index contributed by atoms with van der Waals surface area (Å²) < 4.78 is 6.98. The Hall–Kier alpha value is -1.28. The standard InChI is InChI=1S/C22H34OSi/c1-7-8-9-10-14-24(17(2)3,18(4)5)23-22-13-11-12-20-15-19(6)16-21(20)22/h7,11-13,15,17-18H,1,8-10,14,16H2,2-6H3. The monoisotopic (exact) mass is 342 g/mol. The summed E-state index contributed by atoms with van der Waals surface area (Å²) in [5.41, 5.74) is 5.43. The molecule has 1 nitrogen and oxygen atoms in total. The van der Waals surface area contributed by atoms with Crippen LogP contribution in [0.3, 0.4) is 0 Å². The fourth-order valence-corrected chi connectivity index (χ4v) is 8.49. The Morgan fingerprint density at radius 1 is 1.17 bits per heavy atom. The van der Waals surface area contributed by atoms with Crippen LogP contribution in [0.15, 0.2) is 36.4 Å². The Labute approximate surface area is 150 Å². The largest absolute Gasteiger partial charge is 0.543 e. The summed E-state index contributed by atoms with van der Waals surface area (Å²) in [6.45, 7) is 15.5. The number of hydrogen-bond acceptors (Lipinski definition) is 1. The first kappa shape index (κ1) is 19.0. The topological polar surface area (TPSA) is 9.23 Å². The normalized spacial score (nSPS) is 14.0. The smallest absolute Gasteiger partial charge is 0.256 e. The first-order valence-electron chi connectivity index (χ1n) is 9.49. The van der Waals surface area contributed by atoms with E-state index in [1.165, 1.54) is 35.6 Å². The van der Waals surface area contributed by atoms with E-state index < -0.39 is 8.32 Å². The number of unbranched alkanes of at least 4 members (excludes halogenated alkanes) is 2. The van der Waals surface area contributed by atoms with Crippen molar-refractivity contribution in [3.63, 3.8) is 0 Å². The van der Waals surface area contributed by atoms with Crippen molar-refractivity contribution < 1.29 is 4.43 Å². The summed E-state index contributed by atoms with van der Waals surface area (Å²) in [6.07, 6.45) is 8.98. The number of allylic oxidation sites excluding steroid dienone is 2. The number of rotatable bonds is 9. The van der Waals surface area contributed by atoms with E-state index in [1.807, 2.05) is 6.08 Å². The lowest BCUT2D eigenvalue weighted by atomic mass is 10.1. The average Bonchev–Trinajstić information content (AvgIpc) is 2.91. The van der Waals surface area contributed by atoms with Gasteiger partial charge in [0.2, 0.25) is 0 Å². The van der Waals surface area contributed by atoms with Crippen LogP contribution in [0, 0.1) is 0 Å². The molecule has 0 amide bonds. The van der Waals surface area contributed by atoms with Crippen molar-refractivity contribution in [3.05, 3.63) is 47.6 Å². The van der Waals surface area contributed by atoms with Gasteiger partial charge < -0.3 is 4.43 Å². The van der Waals surface area contributed by atoms with Gasteiger partial charge in [-0.1, -0.05) is 64.0 Å².